The molecule has 0 bridgehead atoms. The van der Waals surface area contributed by atoms with Gasteiger partial charge in [-0.3, -0.25) is 0 Å². The predicted molar refractivity (Wildman–Crippen MR) is 142 cm³/mol. The molecule has 1 aromatic rings. The van der Waals surface area contributed by atoms with Gasteiger partial charge in [0.25, 0.3) is 0 Å². The molecule has 3 saturated carbocycles. The third-order valence-electron chi connectivity index (χ3n) is 11.2. The molecule has 196 valence electrons. The number of unbranched alkanes of at least 4 members (excludes halogenated alkanes) is 4. The highest BCUT2D eigenvalue weighted by atomic mass is 19.2. The molecule has 0 N–H and O–H groups in total. The predicted octanol–water partition coefficient (Wildman–Crippen LogP) is 10.1. The summed E-state index contributed by atoms with van der Waals surface area (Å²) in [6, 6.07) is 3.20. The van der Waals surface area contributed by atoms with E-state index in [1.54, 1.807) is 0 Å². The molecule has 0 spiro atoms. The Morgan fingerprint density at radius 1 is 0.657 bits per heavy atom. The number of halogens is 2. The molecular weight excluding hydrogens is 434 g/mol. The first kappa shape index (κ1) is 25.7. The van der Waals surface area contributed by atoms with Crippen LogP contribution < -0.4 is 0 Å². The van der Waals surface area contributed by atoms with Crippen LogP contribution in [0.25, 0.3) is 0 Å². The van der Waals surface area contributed by atoms with Crippen LogP contribution in [-0.4, -0.2) is 0 Å². The molecule has 0 aromatic heterocycles. The lowest BCUT2D eigenvalue weighted by Crippen LogP contribution is -2.37. The molecule has 2 heteroatoms. The quantitative estimate of drug-likeness (QED) is 0.322. The van der Waals surface area contributed by atoms with Crippen molar-refractivity contribution in [2.45, 2.75) is 129 Å². The summed E-state index contributed by atoms with van der Waals surface area (Å²) < 4.78 is 27.8. The van der Waals surface area contributed by atoms with Gasteiger partial charge in [-0.25, -0.2) is 8.78 Å². The number of benzene rings is 1. The van der Waals surface area contributed by atoms with Crippen LogP contribution in [0.1, 0.15) is 127 Å². The largest absolute Gasteiger partial charge is 0.204 e. The van der Waals surface area contributed by atoms with Crippen molar-refractivity contribution in [2.75, 3.05) is 0 Å². The molecule has 0 amide bonds. The van der Waals surface area contributed by atoms with Crippen molar-refractivity contribution in [1.82, 2.24) is 0 Å². The zero-order valence-corrected chi connectivity index (χ0v) is 22.4. The fourth-order valence-electron chi connectivity index (χ4n) is 9.01. The Morgan fingerprint density at radius 3 is 1.94 bits per heavy atom. The standard InChI is InChI=1S/C33H50F2/c1-2-3-4-5-6-7-23-8-10-24(11-9-23)25-12-13-27-21-28(15-14-26(27)20-25)29-16-18-31-30(22-29)17-19-32(34)33(31)35/h17,19,23-29H,2-16,18,20-22H2,1H3. The van der Waals surface area contributed by atoms with Crippen LogP contribution in [0.5, 0.6) is 0 Å². The maximum atomic E-state index is 14.2. The van der Waals surface area contributed by atoms with Crippen molar-refractivity contribution < 1.29 is 8.78 Å². The molecular formula is C33H50F2. The van der Waals surface area contributed by atoms with Gasteiger partial charge in [-0.15, -0.1) is 0 Å². The van der Waals surface area contributed by atoms with Gasteiger partial charge in [0.2, 0.25) is 0 Å². The summed E-state index contributed by atoms with van der Waals surface area (Å²) in [6.45, 7) is 2.31. The zero-order valence-electron chi connectivity index (χ0n) is 22.4. The summed E-state index contributed by atoms with van der Waals surface area (Å²) >= 11 is 0. The Bertz CT molecular complexity index is 808. The van der Waals surface area contributed by atoms with Crippen LogP contribution in [0, 0.1) is 53.1 Å². The second kappa shape index (κ2) is 12.1. The topological polar surface area (TPSA) is 0 Å². The lowest BCUT2D eigenvalue weighted by Gasteiger charge is -2.47. The summed E-state index contributed by atoms with van der Waals surface area (Å²) in [5.74, 6) is 5.22. The van der Waals surface area contributed by atoms with Crippen molar-refractivity contribution in [2.24, 2.45) is 41.4 Å². The van der Waals surface area contributed by atoms with Gasteiger partial charge in [-0.05, 0) is 129 Å². The van der Waals surface area contributed by atoms with Crippen LogP contribution in [0.4, 0.5) is 8.78 Å². The minimum Gasteiger partial charge on any atom is -0.204 e. The van der Waals surface area contributed by atoms with E-state index in [2.05, 4.69) is 6.92 Å². The van der Waals surface area contributed by atoms with E-state index in [1.807, 2.05) is 6.07 Å². The molecule has 1 aromatic carbocycles. The fraction of sp³-hybridized carbons (Fsp3) is 0.818. The average molecular weight is 485 g/mol. The molecule has 0 heterocycles. The van der Waals surface area contributed by atoms with Gasteiger partial charge in [0.1, 0.15) is 0 Å². The van der Waals surface area contributed by atoms with Crippen LogP contribution >= 0.6 is 0 Å². The first-order valence-corrected chi connectivity index (χ1v) is 15.6. The highest BCUT2D eigenvalue weighted by molar-refractivity contribution is 5.32. The minimum atomic E-state index is -0.671. The van der Waals surface area contributed by atoms with Gasteiger partial charge in [0, 0.05) is 0 Å². The molecule has 3 fully saturated rings. The second-order valence-electron chi connectivity index (χ2n) is 13.2. The highest BCUT2D eigenvalue weighted by Gasteiger charge is 2.41. The number of fused-ring (bicyclic) bond motifs is 2. The Kier molecular flexibility index (Phi) is 8.88. The molecule has 5 atom stereocenters. The Morgan fingerprint density at radius 2 is 1.26 bits per heavy atom. The number of hydrogen-bond donors (Lipinski definition) is 0. The third-order valence-corrected chi connectivity index (χ3v) is 11.2. The van der Waals surface area contributed by atoms with Crippen molar-refractivity contribution in [3.63, 3.8) is 0 Å². The summed E-state index contributed by atoms with van der Waals surface area (Å²) in [7, 11) is 0. The first-order chi connectivity index (χ1) is 17.1. The maximum absolute atomic E-state index is 14.2. The highest BCUT2D eigenvalue weighted by Crippen LogP contribution is 2.51. The van der Waals surface area contributed by atoms with E-state index in [1.165, 1.54) is 109 Å². The van der Waals surface area contributed by atoms with Gasteiger partial charge in [0.15, 0.2) is 11.6 Å². The van der Waals surface area contributed by atoms with Gasteiger partial charge in [-0.1, -0.05) is 64.4 Å². The van der Waals surface area contributed by atoms with E-state index in [4.69, 9.17) is 0 Å². The average Bonchev–Trinajstić information content (AvgIpc) is 2.90. The van der Waals surface area contributed by atoms with Gasteiger partial charge in [0.05, 0.1) is 0 Å². The second-order valence-corrected chi connectivity index (χ2v) is 13.2. The molecule has 0 radical (unpaired) electrons. The summed E-state index contributed by atoms with van der Waals surface area (Å²) in [5, 5.41) is 0. The van der Waals surface area contributed by atoms with Crippen LogP contribution in [0.3, 0.4) is 0 Å². The van der Waals surface area contributed by atoms with E-state index in [0.29, 0.717) is 11.5 Å². The van der Waals surface area contributed by atoms with E-state index in [9.17, 15) is 8.78 Å². The van der Waals surface area contributed by atoms with E-state index >= 15 is 0 Å². The van der Waals surface area contributed by atoms with Gasteiger partial charge >= 0.3 is 0 Å². The lowest BCUT2D eigenvalue weighted by molar-refractivity contribution is 0.0438. The van der Waals surface area contributed by atoms with Gasteiger partial charge in [-0.2, -0.15) is 0 Å². The lowest BCUT2D eigenvalue weighted by atomic mass is 9.58. The normalized spacial score (nSPS) is 35.3. The molecule has 0 aliphatic heterocycles. The van der Waals surface area contributed by atoms with Crippen LogP contribution in [-0.2, 0) is 12.8 Å². The monoisotopic (exact) mass is 484 g/mol. The maximum Gasteiger partial charge on any atom is 0.162 e. The summed E-state index contributed by atoms with van der Waals surface area (Å²) in [5.41, 5.74) is 1.75. The summed E-state index contributed by atoms with van der Waals surface area (Å²) in [6.07, 6.45) is 26.2. The summed E-state index contributed by atoms with van der Waals surface area (Å²) in [4.78, 5) is 0. The molecule has 0 nitrogen and oxygen atoms in total. The van der Waals surface area contributed by atoms with Crippen molar-refractivity contribution in [1.29, 1.82) is 0 Å². The molecule has 0 saturated heterocycles. The minimum absolute atomic E-state index is 0.580. The SMILES string of the molecule is CCCCCCCC1CCC(C2CCC3CC(C4CCc5c(ccc(F)c5F)C4)CCC3C2)CC1. The molecule has 5 rings (SSSR count). The molecule has 35 heavy (non-hydrogen) atoms. The van der Waals surface area contributed by atoms with Gasteiger partial charge < -0.3 is 0 Å². The van der Waals surface area contributed by atoms with Crippen molar-refractivity contribution >= 4 is 0 Å². The molecule has 4 aliphatic carbocycles. The zero-order chi connectivity index (χ0) is 24.2. The van der Waals surface area contributed by atoms with E-state index in [-0.39, 0.29) is 0 Å². The van der Waals surface area contributed by atoms with E-state index in [0.717, 1.165) is 60.3 Å². The number of rotatable bonds is 8. The smallest absolute Gasteiger partial charge is 0.162 e. The third kappa shape index (κ3) is 6.15. The Labute approximate surface area is 214 Å². The van der Waals surface area contributed by atoms with Crippen LogP contribution in [0.2, 0.25) is 0 Å². The van der Waals surface area contributed by atoms with E-state index < -0.39 is 11.6 Å². The van der Waals surface area contributed by atoms with Crippen molar-refractivity contribution in [3.05, 3.63) is 34.9 Å². The fourth-order valence-corrected chi connectivity index (χ4v) is 9.01. The molecule has 4 aliphatic rings. The Balaban J connectivity index is 1.05. The first-order valence-electron chi connectivity index (χ1n) is 15.6. The molecule has 5 unspecified atom stereocenters. The van der Waals surface area contributed by atoms with Crippen LogP contribution in [0.15, 0.2) is 12.1 Å². The Hall–Kier alpha value is -0.920. The van der Waals surface area contributed by atoms with Crippen molar-refractivity contribution in [3.8, 4) is 0 Å². The number of hydrogen-bond acceptors (Lipinski definition) is 0.